The fourth-order valence-corrected chi connectivity index (χ4v) is 9.22. The van der Waals surface area contributed by atoms with Gasteiger partial charge in [0.1, 0.15) is 13.9 Å². The van der Waals surface area contributed by atoms with Crippen LogP contribution in [0.25, 0.3) is 55.1 Å². The monoisotopic (exact) mass is 568 g/mol. The molecule has 0 aliphatic rings. The number of rotatable bonds is 4. The fraction of sp³-hybridized carbons (Fsp3) is 0.0526. The predicted molar refractivity (Wildman–Crippen MR) is 181 cm³/mol. The van der Waals surface area contributed by atoms with Gasteiger partial charge in [-0.2, -0.15) is 5.26 Å². The van der Waals surface area contributed by atoms with Gasteiger partial charge in [-0.3, -0.25) is 4.57 Å². The van der Waals surface area contributed by atoms with Crippen LogP contribution in [0.3, 0.4) is 0 Å². The third-order valence-electron chi connectivity index (χ3n) is 8.91. The Labute approximate surface area is 250 Å². The lowest BCUT2D eigenvalue weighted by molar-refractivity contribution is 1.08. The number of hydrogen-bond acceptors (Lipinski definition) is 2. The number of para-hydroxylation sites is 4. The molecule has 0 atom stereocenters. The Morgan fingerprint density at radius 1 is 0.581 bits per heavy atom. The molecule has 8 rings (SSSR count). The summed E-state index contributed by atoms with van der Waals surface area (Å²) in [6, 6.07) is 47.2. The van der Waals surface area contributed by atoms with Gasteiger partial charge < -0.3 is 4.57 Å². The molecule has 0 radical (unpaired) electrons. The van der Waals surface area contributed by atoms with E-state index in [1.54, 1.807) is 0 Å². The lowest BCUT2D eigenvalue weighted by atomic mass is 10.2. The summed E-state index contributed by atoms with van der Waals surface area (Å²) in [4.78, 5) is 5.01. The summed E-state index contributed by atoms with van der Waals surface area (Å²) >= 11 is 0. The second-order valence-electron chi connectivity index (χ2n) is 11.6. The van der Waals surface area contributed by atoms with Crippen molar-refractivity contribution in [3.63, 3.8) is 0 Å². The molecule has 0 bridgehead atoms. The molecule has 0 aliphatic heterocycles. The van der Waals surface area contributed by atoms with Crippen molar-refractivity contribution in [1.82, 2.24) is 14.1 Å². The zero-order valence-electron chi connectivity index (χ0n) is 24.0. The maximum atomic E-state index is 10.4. The number of aromatic nitrogens is 3. The number of hydrogen-bond donors (Lipinski definition) is 0. The molecule has 0 saturated carbocycles. The average molecular weight is 569 g/mol. The standard InChI is InChI=1S/C38H28N4Si/c1-43(2,28-20-22-38(40-25-28)42-35-17-9-5-13-31(35)32-14-6-10-18-36(32)42)37-21-19-27(23-26(37)24-39)41-33-15-7-3-11-29(33)30-12-4-8-16-34(30)41/h3-23,25H,1-2H3. The number of pyridine rings is 1. The molecular formula is C38H28N4Si. The molecule has 5 heteroatoms. The quantitative estimate of drug-likeness (QED) is 0.202. The van der Waals surface area contributed by atoms with E-state index >= 15 is 0 Å². The van der Waals surface area contributed by atoms with Crippen molar-refractivity contribution >= 4 is 62.1 Å². The van der Waals surface area contributed by atoms with Crippen molar-refractivity contribution in [3.05, 3.63) is 139 Å². The van der Waals surface area contributed by atoms with E-state index in [1.165, 1.54) is 26.7 Å². The highest BCUT2D eigenvalue weighted by Crippen LogP contribution is 2.33. The van der Waals surface area contributed by atoms with Gasteiger partial charge in [0, 0.05) is 33.4 Å². The van der Waals surface area contributed by atoms with E-state index < -0.39 is 8.07 Å². The van der Waals surface area contributed by atoms with Gasteiger partial charge in [0.25, 0.3) is 0 Å². The zero-order valence-corrected chi connectivity index (χ0v) is 25.0. The van der Waals surface area contributed by atoms with Crippen LogP contribution in [0.2, 0.25) is 13.1 Å². The molecule has 5 aromatic carbocycles. The highest BCUT2D eigenvalue weighted by molar-refractivity contribution is 7.00. The molecule has 0 fully saturated rings. The van der Waals surface area contributed by atoms with E-state index in [2.05, 4.69) is 156 Å². The molecule has 43 heavy (non-hydrogen) atoms. The molecule has 0 N–H and O–H groups in total. The Morgan fingerprint density at radius 2 is 1.07 bits per heavy atom. The average Bonchev–Trinajstić information content (AvgIpc) is 3.58. The Hall–Kier alpha value is -5.44. The lowest BCUT2D eigenvalue weighted by Crippen LogP contribution is -2.54. The summed E-state index contributed by atoms with van der Waals surface area (Å²) in [6.45, 7) is 4.61. The van der Waals surface area contributed by atoms with Crippen LogP contribution >= 0.6 is 0 Å². The molecule has 0 aliphatic carbocycles. The molecule has 3 heterocycles. The summed E-state index contributed by atoms with van der Waals surface area (Å²) in [5, 5.41) is 17.6. The summed E-state index contributed by atoms with van der Waals surface area (Å²) in [6.07, 6.45) is 2.02. The fourth-order valence-electron chi connectivity index (χ4n) is 6.72. The second-order valence-corrected chi connectivity index (χ2v) is 16.0. The van der Waals surface area contributed by atoms with E-state index in [9.17, 15) is 5.26 Å². The third-order valence-corrected chi connectivity index (χ3v) is 12.4. The van der Waals surface area contributed by atoms with E-state index in [0.717, 1.165) is 44.3 Å². The van der Waals surface area contributed by atoms with Crippen molar-refractivity contribution in [2.45, 2.75) is 13.1 Å². The predicted octanol–water partition coefficient (Wildman–Crippen LogP) is 7.97. The van der Waals surface area contributed by atoms with E-state index in [4.69, 9.17) is 4.98 Å². The number of fused-ring (bicyclic) bond motifs is 6. The normalized spacial score (nSPS) is 11.9. The van der Waals surface area contributed by atoms with Gasteiger partial charge in [0.05, 0.1) is 33.7 Å². The van der Waals surface area contributed by atoms with Gasteiger partial charge in [-0.25, -0.2) is 4.98 Å². The number of nitriles is 1. The van der Waals surface area contributed by atoms with Crippen molar-refractivity contribution in [2.75, 3.05) is 0 Å². The van der Waals surface area contributed by atoms with Gasteiger partial charge in [-0.05, 0) is 52.8 Å². The molecule has 204 valence electrons. The van der Waals surface area contributed by atoms with E-state index in [-0.39, 0.29) is 0 Å². The lowest BCUT2D eigenvalue weighted by Gasteiger charge is -2.25. The van der Waals surface area contributed by atoms with Crippen LogP contribution in [-0.4, -0.2) is 22.2 Å². The summed E-state index contributed by atoms with van der Waals surface area (Å²) in [5.41, 5.74) is 6.30. The highest BCUT2D eigenvalue weighted by Gasteiger charge is 2.30. The SMILES string of the molecule is C[Si](C)(c1ccc(-n2c3ccccc3c3ccccc32)nc1)c1ccc(-n2c3ccccc3c3ccccc32)cc1C#N. The smallest absolute Gasteiger partial charge is 0.137 e. The summed E-state index contributed by atoms with van der Waals surface area (Å²) in [5.74, 6) is 0.896. The number of nitrogens with zero attached hydrogens (tertiary/aromatic N) is 4. The minimum Gasteiger partial charge on any atom is -0.309 e. The van der Waals surface area contributed by atoms with Crippen molar-refractivity contribution < 1.29 is 0 Å². The maximum absolute atomic E-state index is 10.4. The number of benzene rings is 5. The van der Waals surface area contributed by atoms with Crippen LogP contribution in [0.5, 0.6) is 0 Å². The van der Waals surface area contributed by atoms with Gasteiger partial charge >= 0.3 is 0 Å². The first-order valence-electron chi connectivity index (χ1n) is 14.5. The first-order valence-corrected chi connectivity index (χ1v) is 17.5. The highest BCUT2D eigenvalue weighted by atomic mass is 28.3. The van der Waals surface area contributed by atoms with Crippen molar-refractivity contribution in [3.8, 4) is 17.6 Å². The minimum absolute atomic E-state index is 0.725. The van der Waals surface area contributed by atoms with Crippen LogP contribution < -0.4 is 10.4 Å². The molecule has 0 unspecified atom stereocenters. The van der Waals surface area contributed by atoms with Crippen LogP contribution in [0, 0.1) is 11.3 Å². The minimum atomic E-state index is -2.25. The molecule has 8 aromatic rings. The third kappa shape index (κ3) is 3.77. The van der Waals surface area contributed by atoms with Gasteiger partial charge in [0.2, 0.25) is 0 Å². The van der Waals surface area contributed by atoms with Crippen LogP contribution in [-0.2, 0) is 0 Å². The first-order chi connectivity index (χ1) is 21.1. The summed E-state index contributed by atoms with van der Waals surface area (Å²) < 4.78 is 4.51. The molecule has 3 aromatic heterocycles. The van der Waals surface area contributed by atoms with E-state index in [0.29, 0.717) is 0 Å². The van der Waals surface area contributed by atoms with Crippen LogP contribution in [0.15, 0.2) is 134 Å². The van der Waals surface area contributed by atoms with Crippen LogP contribution in [0.1, 0.15) is 5.56 Å². The van der Waals surface area contributed by atoms with Gasteiger partial charge in [-0.15, -0.1) is 0 Å². The molecule has 0 saturated heterocycles. The molecule has 0 amide bonds. The zero-order chi connectivity index (χ0) is 29.1. The molecular weight excluding hydrogens is 541 g/mol. The van der Waals surface area contributed by atoms with Crippen molar-refractivity contribution in [2.24, 2.45) is 0 Å². The van der Waals surface area contributed by atoms with Crippen molar-refractivity contribution in [1.29, 1.82) is 5.26 Å². The first kappa shape index (κ1) is 25.3. The topological polar surface area (TPSA) is 46.5 Å². The largest absolute Gasteiger partial charge is 0.309 e. The van der Waals surface area contributed by atoms with Gasteiger partial charge in [-0.1, -0.05) is 98.0 Å². The summed E-state index contributed by atoms with van der Waals surface area (Å²) in [7, 11) is -2.25. The van der Waals surface area contributed by atoms with Gasteiger partial charge in [0.15, 0.2) is 0 Å². The maximum Gasteiger partial charge on any atom is 0.137 e. The molecule has 4 nitrogen and oxygen atoms in total. The van der Waals surface area contributed by atoms with Crippen LogP contribution in [0.4, 0.5) is 0 Å². The Balaban J connectivity index is 1.22. The van der Waals surface area contributed by atoms with E-state index in [1.807, 2.05) is 6.20 Å². The Kier molecular flexibility index (Phi) is 5.62. The Bertz CT molecular complexity index is 2280. The Morgan fingerprint density at radius 3 is 1.53 bits per heavy atom. The second kappa shape index (κ2) is 9.55. The molecule has 0 spiro atoms.